The van der Waals surface area contributed by atoms with Gasteiger partial charge in [0.15, 0.2) is 9.84 Å². The highest BCUT2D eigenvalue weighted by molar-refractivity contribution is 7.91. The SMILES string of the molecule is CCS(=O)(=O)c1ccc(NCC(=O)N2CCOCC2)cc1. The molecule has 1 aromatic carbocycles. The summed E-state index contributed by atoms with van der Waals surface area (Å²) >= 11 is 0. The van der Waals surface area contributed by atoms with Crippen LogP contribution in [0.25, 0.3) is 0 Å². The molecule has 1 aliphatic heterocycles. The summed E-state index contributed by atoms with van der Waals surface area (Å²) in [5.74, 6) is 0.0958. The molecule has 7 heteroatoms. The molecule has 0 spiro atoms. The van der Waals surface area contributed by atoms with Gasteiger partial charge in [0.1, 0.15) is 0 Å². The van der Waals surface area contributed by atoms with Crippen molar-refractivity contribution in [1.82, 2.24) is 4.90 Å². The molecular formula is C14H20N2O4S. The molecule has 1 amide bonds. The van der Waals surface area contributed by atoms with E-state index >= 15 is 0 Å². The molecule has 1 N–H and O–H groups in total. The van der Waals surface area contributed by atoms with Gasteiger partial charge in [0.05, 0.1) is 30.4 Å². The monoisotopic (exact) mass is 312 g/mol. The van der Waals surface area contributed by atoms with Gasteiger partial charge in [-0.25, -0.2) is 8.42 Å². The van der Waals surface area contributed by atoms with Crippen LogP contribution in [0.15, 0.2) is 29.2 Å². The van der Waals surface area contributed by atoms with Gasteiger partial charge in [0.2, 0.25) is 5.91 Å². The average Bonchev–Trinajstić information content (AvgIpc) is 2.54. The van der Waals surface area contributed by atoms with E-state index in [0.717, 1.165) is 5.69 Å². The molecule has 21 heavy (non-hydrogen) atoms. The van der Waals surface area contributed by atoms with E-state index in [0.29, 0.717) is 31.2 Å². The highest BCUT2D eigenvalue weighted by Crippen LogP contribution is 2.15. The van der Waals surface area contributed by atoms with Crippen LogP contribution in [0.1, 0.15) is 6.92 Å². The summed E-state index contributed by atoms with van der Waals surface area (Å²) in [5, 5.41) is 3.01. The number of ether oxygens (including phenoxy) is 1. The van der Waals surface area contributed by atoms with Crippen LogP contribution in [0.3, 0.4) is 0 Å². The van der Waals surface area contributed by atoms with Crippen molar-refractivity contribution in [3.8, 4) is 0 Å². The lowest BCUT2D eigenvalue weighted by Crippen LogP contribution is -2.43. The van der Waals surface area contributed by atoms with E-state index in [2.05, 4.69) is 5.32 Å². The van der Waals surface area contributed by atoms with Gasteiger partial charge in [0, 0.05) is 18.8 Å². The summed E-state index contributed by atoms with van der Waals surface area (Å²) < 4.78 is 28.6. The Morgan fingerprint density at radius 2 is 1.86 bits per heavy atom. The first-order chi connectivity index (χ1) is 10.0. The minimum atomic E-state index is -3.18. The van der Waals surface area contributed by atoms with E-state index in [1.54, 1.807) is 36.1 Å². The van der Waals surface area contributed by atoms with E-state index in [-0.39, 0.29) is 18.2 Å². The van der Waals surface area contributed by atoms with Crippen LogP contribution >= 0.6 is 0 Å². The molecule has 0 aliphatic carbocycles. The Kier molecular flexibility index (Phi) is 5.19. The third kappa shape index (κ3) is 4.18. The fourth-order valence-corrected chi connectivity index (χ4v) is 2.93. The molecule has 0 saturated carbocycles. The van der Waals surface area contributed by atoms with Crippen molar-refractivity contribution in [2.75, 3.05) is 43.9 Å². The molecule has 0 radical (unpaired) electrons. The first-order valence-electron chi connectivity index (χ1n) is 6.95. The molecule has 0 unspecified atom stereocenters. The second kappa shape index (κ2) is 6.91. The van der Waals surface area contributed by atoms with Crippen molar-refractivity contribution < 1.29 is 17.9 Å². The maximum absolute atomic E-state index is 12.0. The predicted octanol–water partition coefficient (Wildman–Crippen LogP) is 0.751. The highest BCUT2D eigenvalue weighted by Gasteiger charge is 2.16. The van der Waals surface area contributed by atoms with Crippen LogP contribution in [0.2, 0.25) is 0 Å². The number of amides is 1. The van der Waals surface area contributed by atoms with Crippen molar-refractivity contribution in [2.45, 2.75) is 11.8 Å². The van der Waals surface area contributed by atoms with E-state index in [9.17, 15) is 13.2 Å². The number of carbonyl (C=O) groups is 1. The second-order valence-electron chi connectivity index (χ2n) is 4.77. The summed E-state index contributed by atoms with van der Waals surface area (Å²) in [6.07, 6.45) is 0. The fraction of sp³-hybridized carbons (Fsp3) is 0.500. The molecule has 1 fully saturated rings. The van der Waals surface area contributed by atoms with E-state index in [1.807, 2.05) is 0 Å². The third-order valence-corrected chi connectivity index (χ3v) is 5.15. The summed E-state index contributed by atoms with van der Waals surface area (Å²) in [6.45, 7) is 4.20. The third-order valence-electron chi connectivity index (χ3n) is 3.40. The lowest BCUT2D eigenvalue weighted by atomic mass is 10.3. The lowest BCUT2D eigenvalue weighted by molar-refractivity contribution is -0.133. The first kappa shape index (κ1) is 15.8. The van der Waals surface area contributed by atoms with E-state index < -0.39 is 9.84 Å². The largest absolute Gasteiger partial charge is 0.378 e. The molecular weight excluding hydrogens is 292 g/mol. The zero-order chi connectivity index (χ0) is 15.3. The Morgan fingerprint density at radius 1 is 1.24 bits per heavy atom. The molecule has 1 heterocycles. The zero-order valence-corrected chi connectivity index (χ0v) is 12.9. The van der Waals surface area contributed by atoms with Crippen LogP contribution in [-0.2, 0) is 19.4 Å². The Labute approximate surface area is 125 Å². The summed E-state index contributed by atoms with van der Waals surface area (Å²) in [6, 6.07) is 6.46. The minimum absolute atomic E-state index is 0.0172. The highest BCUT2D eigenvalue weighted by atomic mass is 32.2. The van der Waals surface area contributed by atoms with Crippen molar-refractivity contribution in [1.29, 1.82) is 0 Å². The average molecular weight is 312 g/mol. The maximum atomic E-state index is 12.0. The number of hydrogen-bond acceptors (Lipinski definition) is 5. The van der Waals surface area contributed by atoms with Gasteiger partial charge in [-0.15, -0.1) is 0 Å². The molecule has 2 rings (SSSR count). The summed E-state index contributed by atoms with van der Waals surface area (Å²) in [4.78, 5) is 14.0. The standard InChI is InChI=1S/C14H20N2O4S/c1-2-21(18,19)13-5-3-12(4-6-13)15-11-14(17)16-7-9-20-10-8-16/h3-6,15H,2,7-11H2,1H3. The Morgan fingerprint density at radius 3 is 2.43 bits per heavy atom. The van der Waals surface area contributed by atoms with Gasteiger partial charge in [0.25, 0.3) is 0 Å². The van der Waals surface area contributed by atoms with Gasteiger partial charge in [-0.3, -0.25) is 4.79 Å². The number of rotatable bonds is 5. The predicted molar refractivity (Wildman–Crippen MR) is 80.1 cm³/mol. The van der Waals surface area contributed by atoms with Crippen molar-refractivity contribution in [3.63, 3.8) is 0 Å². The Hall–Kier alpha value is -1.60. The Bertz CT molecular complexity index is 577. The van der Waals surface area contributed by atoms with Crippen LogP contribution in [0.5, 0.6) is 0 Å². The van der Waals surface area contributed by atoms with Gasteiger partial charge in [-0.2, -0.15) is 0 Å². The molecule has 1 aliphatic rings. The lowest BCUT2D eigenvalue weighted by Gasteiger charge is -2.27. The van der Waals surface area contributed by atoms with Gasteiger partial charge in [-0.05, 0) is 24.3 Å². The number of nitrogens with zero attached hydrogens (tertiary/aromatic N) is 1. The summed E-state index contributed by atoms with van der Waals surface area (Å²) in [7, 11) is -3.18. The molecule has 1 saturated heterocycles. The molecule has 1 aromatic rings. The van der Waals surface area contributed by atoms with Gasteiger partial charge < -0.3 is 15.0 Å². The minimum Gasteiger partial charge on any atom is -0.378 e. The van der Waals surface area contributed by atoms with Crippen LogP contribution in [-0.4, -0.2) is 57.8 Å². The van der Waals surface area contributed by atoms with Crippen LogP contribution in [0, 0.1) is 0 Å². The second-order valence-corrected chi connectivity index (χ2v) is 7.05. The molecule has 0 bridgehead atoms. The van der Waals surface area contributed by atoms with E-state index in [4.69, 9.17) is 4.74 Å². The van der Waals surface area contributed by atoms with Crippen molar-refractivity contribution in [3.05, 3.63) is 24.3 Å². The molecule has 0 aromatic heterocycles. The normalized spacial score (nSPS) is 15.8. The van der Waals surface area contributed by atoms with Crippen molar-refractivity contribution >= 4 is 21.4 Å². The number of carbonyl (C=O) groups excluding carboxylic acids is 1. The number of sulfone groups is 1. The number of hydrogen-bond donors (Lipinski definition) is 1. The summed E-state index contributed by atoms with van der Waals surface area (Å²) in [5.41, 5.74) is 0.728. The maximum Gasteiger partial charge on any atom is 0.242 e. The van der Waals surface area contributed by atoms with Gasteiger partial charge >= 0.3 is 0 Å². The smallest absolute Gasteiger partial charge is 0.242 e. The zero-order valence-electron chi connectivity index (χ0n) is 12.0. The van der Waals surface area contributed by atoms with Crippen LogP contribution < -0.4 is 5.32 Å². The fourth-order valence-electron chi connectivity index (χ4n) is 2.05. The van der Waals surface area contributed by atoms with Crippen LogP contribution in [0.4, 0.5) is 5.69 Å². The molecule has 116 valence electrons. The first-order valence-corrected chi connectivity index (χ1v) is 8.60. The molecule has 0 atom stereocenters. The quantitative estimate of drug-likeness (QED) is 0.868. The van der Waals surface area contributed by atoms with Crippen molar-refractivity contribution in [2.24, 2.45) is 0 Å². The number of benzene rings is 1. The topological polar surface area (TPSA) is 75.7 Å². The van der Waals surface area contributed by atoms with E-state index in [1.165, 1.54) is 0 Å². The molecule has 6 nitrogen and oxygen atoms in total. The Balaban J connectivity index is 1.90. The number of morpholine rings is 1. The van der Waals surface area contributed by atoms with Gasteiger partial charge in [-0.1, -0.05) is 6.92 Å². The number of nitrogens with one attached hydrogen (secondary N) is 1. The number of anilines is 1.